The third kappa shape index (κ3) is 3.25. The van der Waals surface area contributed by atoms with Crippen LogP contribution in [0.5, 0.6) is 0 Å². The molecule has 2 unspecified atom stereocenters. The lowest BCUT2D eigenvalue weighted by Gasteiger charge is -2.29. The van der Waals surface area contributed by atoms with Crippen LogP contribution in [-0.4, -0.2) is 33.4 Å². The fourth-order valence-electron chi connectivity index (χ4n) is 3.38. The number of rotatable bonds is 5. The van der Waals surface area contributed by atoms with E-state index in [2.05, 4.69) is 31.3 Å². The van der Waals surface area contributed by atoms with Gasteiger partial charge < -0.3 is 10.2 Å². The van der Waals surface area contributed by atoms with Gasteiger partial charge in [-0.05, 0) is 43.9 Å². The molecule has 1 aromatic rings. The fourth-order valence-corrected chi connectivity index (χ4v) is 4.81. The summed E-state index contributed by atoms with van der Waals surface area (Å²) in [5, 5.41) is 2.97. The van der Waals surface area contributed by atoms with Gasteiger partial charge in [-0.3, -0.25) is 9.59 Å². The minimum atomic E-state index is -0.347. The molecular formula is C18H24N2O2S. The topological polar surface area (TPSA) is 49.4 Å². The number of hydrogen-bond acceptors (Lipinski definition) is 3. The largest absolute Gasteiger partial charge is 0.324 e. The number of carbonyl (C=O) groups is 2. The van der Waals surface area contributed by atoms with Crippen molar-refractivity contribution in [3.63, 3.8) is 0 Å². The molecule has 4 nitrogen and oxygen atoms in total. The number of fused-ring (bicyclic) bond motifs is 1. The number of amides is 2. The molecule has 0 saturated carbocycles. The highest BCUT2D eigenvalue weighted by molar-refractivity contribution is 8.01. The van der Waals surface area contributed by atoms with Crippen molar-refractivity contribution in [1.82, 2.24) is 4.90 Å². The van der Waals surface area contributed by atoms with E-state index in [0.29, 0.717) is 12.2 Å². The van der Waals surface area contributed by atoms with Crippen LogP contribution in [0.15, 0.2) is 24.3 Å². The zero-order valence-electron chi connectivity index (χ0n) is 13.8. The molecule has 0 aromatic heterocycles. The van der Waals surface area contributed by atoms with Gasteiger partial charge in [0.25, 0.3) is 0 Å². The molecule has 0 radical (unpaired) electrons. The van der Waals surface area contributed by atoms with Gasteiger partial charge in [-0.2, -0.15) is 0 Å². The number of nitrogens with one attached hydrogen (secondary N) is 1. The SMILES string of the molecule is CCCCc1ccc(NC(=O)C2CSC3(C)CCC(=O)N23)cc1. The Morgan fingerprint density at radius 3 is 2.83 bits per heavy atom. The molecule has 2 heterocycles. The van der Waals surface area contributed by atoms with Gasteiger partial charge in [-0.15, -0.1) is 11.8 Å². The minimum Gasteiger partial charge on any atom is -0.324 e. The standard InChI is InChI=1S/C18H24N2O2S/c1-3-4-5-13-6-8-14(9-7-13)19-17(22)15-12-23-18(2)11-10-16(21)20(15)18/h6-9,15H,3-5,10-12H2,1-2H3,(H,19,22). The molecule has 0 aliphatic carbocycles. The van der Waals surface area contributed by atoms with Gasteiger partial charge >= 0.3 is 0 Å². The van der Waals surface area contributed by atoms with Crippen molar-refractivity contribution in [3.8, 4) is 0 Å². The number of unbranched alkanes of at least 4 members (excludes halogenated alkanes) is 1. The number of anilines is 1. The van der Waals surface area contributed by atoms with Crippen molar-refractivity contribution in [1.29, 1.82) is 0 Å². The predicted molar refractivity (Wildman–Crippen MR) is 94.4 cm³/mol. The lowest BCUT2D eigenvalue weighted by molar-refractivity contribution is -0.135. The molecular weight excluding hydrogens is 308 g/mol. The lowest BCUT2D eigenvalue weighted by Crippen LogP contribution is -2.48. The Morgan fingerprint density at radius 1 is 1.39 bits per heavy atom. The summed E-state index contributed by atoms with van der Waals surface area (Å²) in [5.41, 5.74) is 2.10. The van der Waals surface area contributed by atoms with E-state index in [0.717, 1.165) is 18.5 Å². The Balaban J connectivity index is 1.64. The van der Waals surface area contributed by atoms with Crippen LogP contribution >= 0.6 is 11.8 Å². The van der Waals surface area contributed by atoms with E-state index in [1.165, 1.54) is 18.4 Å². The van der Waals surface area contributed by atoms with E-state index in [-0.39, 0.29) is 22.7 Å². The third-order valence-corrected chi connectivity index (χ3v) is 6.29. The normalized spacial score (nSPS) is 26.4. The van der Waals surface area contributed by atoms with Gasteiger partial charge in [-0.1, -0.05) is 25.5 Å². The summed E-state index contributed by atoms with van der Waals surface area (Å²) in [5.74, 6) is 0.716. The van der Waals surface area contributed by atoms with Crippen molar-refractivity contribution < 1.29 is 9.59 Å². The molecule has 5 heteroatoms. The van der Waals surface area contributed by atoms with E-state index in [4.69, 9.17) is 0 Å². The first-order valence-corrected chi connectivity index (χ1v) is 9.38. The summed E-state index contributed by atoms with van der Waals surface area (Å²) < 4.78 is 0. The highest BCUT2D eigenvalue weighted by Crippen LogP contribution is 2.47. The third-order valence-electron chi connectivity index (χ3n) is 4.79. The average Bonchev–Trinajstić information content (AvgIpc) is 3.03. The quantitative estimate of drug-likeness (QED) is 0.899. The van der Waals surface area contributed by atoms with Gasteiger partial charge in [0.05, 0.1) is 4.87 Å². The van der Waals surface area contributed by atoms with Crippen LogP contribution in [0, 0.1) is 0 Å². The molecule has 3 rings (SSSR count). The number of nitrogens with zero attached hydrogens (tertiary/aromatic N) is 1. The van der Waals surface area contributed by atoms with Crippen LogP contribution in [0.2, 0.25) is 0 Å². The van der Waals surface area contributed by atoms with Gasteiger partial charge in [0.15, 0.2) is 0 Å². The van der Waals surface area contributed by atoms with Crippen molar-refractivity contribution in [3.05, 3.63) is 29.8 Å². The fraction of sp³-hybridized carbons (Fsp3) is 0.556. The zero-order chi connectivity index (χ0) is 16.4. The van der Waals surface area contributed by atoms with Crippen LogP contribution < -0.4 is 5.32 Å². The highest BCUT2D eigenvalue weighted by atomic mass is 32.2. The van der Waals surface area contributed by atoms with Crippen molar-refractivity contribution in [2.75, 3.05) is 11.1 Å². The average molecular weight is 332 g/mol. The smallest absolute Gasteiger partial charge is 0.248 e. The second kappa shape index (κ2) is 6.56. The number of benzene rings is 1. The van der Waals surface area contributed by atoms with Crippen LogP contribution in [0.25, 0.3) is 0 Å². The van der Waals surface area contributed by atoms with Crippen LogP contribution in [-0.2, 0) is 16.0 Å². The second-order valence-corrected chi connectivity index (χ2v) is 8.06. The van der Waals surface area contributed by atoms with Crippen LogP contribution in [0.4, 0.5) is 5.69 Å². The maximum Gasteiger partial charge on any atom is 0.248 e. The number of thioether (sulfide) groups is 1. The molecule has 2 atom stereocenters. The van der Waals surface area contributed by atoms with Crippen LogP contribution in [0.3, 0.4) is 0 Å². The van der Waals surface area contributed by atoms with Gasteiger partial charge in [0.1, 0.15) is 6.04 Å². The van der Waals surface area contributed by atoms with E-state index in [9.17, 15) is 9.59 Å². The minimum absolute atomic E-state index is 0.0715. The summed E-state index contributed by atoms with van der Waals surface area (Å²) in [6.07, 6.45) is 4.83. The molecule has 1 N–H and O–H groups in total. The van der Waals surface area contributed by atoms with Crippen molar-refractivity contribution in [2.24, 2.45) is 0 Å². The molecule has 2 amide bonds. The molecule has 23 heavy (non-hydrogen) atoms. The summed E-state index contributed by atoms with van der Waals surface area (Å²) in [4.78, 5) is 26.3. The molecule has 0 bridgehead atoms. The Morgan fingerprint density at radius 2 is 2.13 bits per heavy atom. The Labute approximate surface area is 142 Å². The van der Waals surface area contributed by atoms with E-state index in [1.807, 2.05) is 12.1 Å². The Hall–Kier alpha value is -1.49. The number of hydrogen-bond donors (Lipinski definition) is 1. The number of carbonyl (C=O) groups excluding carboxylic acids is 2. The van der Waals surface area contributed by atoms with E-state index < -0.39 is 0 Å². The molecule has 2 saturated heterocycles. The lowest BCUT2D eigenvalue weighted by atomic mass is 10.1. The van der Waals surface area contributed by atoms with E-state index >= 15 is 0 Å². The molecule has 2 aliphatic heterocycles. The first-order chi connectivity index (χ1) is 11.0. The van der Waals surface area contributed by atoms with Gasteiger partial charge in [0, 0.05) is 17.9 Å². The summed E-state index contributed by atoms with van der Waals surface area (Å²) in [7, 11) is 0. The Bertz CT molecular complexity index is 602. The van der Waals surface area contributed by atoms with Gasteiger partial charge in [-0.25, -0.2) is 0 Å². The molecule has 0 spiro atoms. The zero-order valence-corrected chi connectivity index (χ0v) is 14.6. The van der Waals surface area contributed by atoms with Gasteiger partial charge in [0.2, 0.25) is 11.8 Å². The molecule has 1 aromatic carbocycles. The monoisotopic (exact) mass is 332 g/mol. The summed E-state index contributed by atoms with van der Waals surface area (Å²) in [6, 6.07) is 7.70. The Kier molecular flexibility index (Phi) is 4.67. The first kappa shape index (κ1) is 16.4. The summed E-state index contributed by atoms with van der Waals surface area (Å²) >= 11 is 1.72. The highest BCUT2D eigenvalue weighted by Gasteiger charge is 2.52. The first-order valence-electron chi connectivity index (χ1n) is 8.39. The predicted octanol–water partition coefficient (Wildman–Crippen LogP) is 3.42. The summed E-state index contributed by atoms with van der Waals surface area (Å²) in [6.45, 7) is 4.25. The van der Waals surface area contributed by atoms with Crippen molar-refractivity contribution in [2.45, 2.75) is 56.9 Å². The van der Waals surface area contributed by atoms with Crippen molar-refractivity contribution >= 4 is 29.3 Å². The maximum absolute atomic E-state index is 12.6. The second-order valence-electron chi connectivity index (χ2n) is 6.56. The molecule has 124 valence electrons. The maximum atomic E-state index is 12.6. The van der Waals surface area contributed by atoms with E-state index in [1.54, 1.807) is 16.7 Å². The number of aryl methyl sites for hydroxylation is 1. The van der Waals surface area contributed by atoms with Crippen LogP contribution in [0.1, 0.15) is 45.1 Å². The molecule has 2 aliphatic rings. The molecule has 2 fully saturated rings.